The van der Waals surface area contributed by atoms with Gasteiger partial charge >= 0.3 is 6.09 Å². The number of aryl methyl sites for hydroxylation is 1. The van der Waals surface area contributed by atoms with Crippen LogP contribution in [0.15, 0.2) is 30.9 Å². The highest BCUT2D eigenvalue weighted by atomic mass is 35.5. The lowest BCUT2D eigenvalue weighted by Gasteiger charge is -2.23. The van der Waals surface area contributed by atoms with Gasteiger partial charge in [-0.3, -0.25) is 4.68 Å². The Labute approximate surface area is 186 Å². The van der Waals surface area contributed by atoms with Crippen molar-refractivity contribution in [3.63, 3.8) is 0 Å². The van der Waals surface area contributed by atoms with E-state index in [1.165, 1.54) is 6.33 Å². The van der Waals surface area contributed by atoms with Crippen molar-refractivity contribution in [2.24, 2.45) is 7.05 Å². The lowest BCUT2D eigenvalue weighted by atomic mass is 10.0. The number of anilines is 2. The van der Waals surface area contributed by atoms with Crippen LogP contribution in [0, 0.1) is 6.92 Å². The molecule has 2 aromatic heterocycles. The molecule has 0 aliphatic rings. The molecule has 2 N–H and O–H groups in total. The predicted octanol–water partition coefficient (Wildman–Crippen LogP) is 4.56. The summed E-state index contributed by atoms with van der Waals surface area (Å²) in [6.07, 6.45) is 4.44. The Balaban J connectivity index is 1.82. The van der Waals surface area contributed by atoms with Crippen LogP contribution in [0.4, 0.5) is 16.4 Å². The molecule has 0 aliphatic carbocycles. The summed E-state index contributed by atoms with van der Waals surface area (Å²) in [5, 5.41) is 10.6. The second-order valence-electron chi connectivity index (χ2n) is 8.17. The monoisotopic (exact) mass is 443 g/mol. The average Bonchev–Trinajstić information content (AvgIpc) is 3.07. The fourth-order valence-corrected chi connectivity index (χ4v) is 3.27. The van der Waals surface area contributed by atoms with E-state index >= 15 is 0 Å². The van der Waals surface area contributed by atoms with Crippen LogP contribution >= 0.6 is 11.6 Å². The van der Waals surface area contributed by atoms with Crippen LogP contribution in [0.1, 0.15) is 44.9 Å². The molecule has 164 valence electrons. The Morgan fingerprint density at radius 2 is 2.00 bits per heavy atom. The maximum atomic E-state index is 12.1. The van der Waals surface area contributed by atoms with Crippen molar-refractivity contribution in [3.8, 4) is 11.4 Å². The third-order valence-corrected chi connectivity index (χ3v) is 4.89. The van der Waals surface area contributed by atoms with Crippen molar-refractivity contribution < 1.29 is 9.53 Å². The van der Waals surface area contributed by atoms with E-state index in [1.807, 2.05) is 60.0 Å². The van der Waals surface area contributed by atoms with E-state index in [2.05, 4.69) is 30.7 Å². The zero-order valence-corrected chi connectivity index (χ0v) is 19.2. The number of alkyl carbamates (subject to hydrolysis) is 1. The summed E-state index contributed by atoms with van der Waals surface area (Å²) in [6, 6.07) is 3.40. The molecule has 2 heterocycles. The molecule has 0 unspecified atom stereocenters. The Morgan fingerprint density at radius 1 is 1.26 bits per heavy atom. The van der Waals surface area contributed by atoms with Gasteiger partial charge in [0.2, 0.25) is 5.95 Å². The molecule has 0 aliphatic heterocycles. The van der Waals surface area contributed by atoms with E-state index in [0.717, 1.165) is 22.4 Å². The predicted molar refractivity (Wildman–Crippen MR) is 119 cm³/mol. The van der Waals surface area contributed by atoms with Crippen molar-refractivity contribution in [2.45, 2.75) is 46.3 Å². The largest absolute Gasteiger partial charge is 0.444 e. The van der Waals surface area contributed by atoms with Crippen molar-refractivity contribution >= 4 is 29.3 Å². The summed E-state index contributed by atoms with van der Waals surface area (Å²) in [6.45, 7) is 9.18. The van der Waals surface area contributed by atoms with Crippen LogP contribution in [0.5, 0.6) is 0 Å². The van der Waals surface area contributed by atoms with E-state index < -0.39 is 11.7 Å². The number of rotatable bonds is 5. The van der Waals surface area contributed by atoms with Gasteiger partial charge in [0, 0.05) is 23.8 Å². The lowest BCUT2D eigenvalue weighted by Crippen LogP contribution is -2.34. The molecular formula is C21H26ClN7O2. The topological polar surface area (TPSA) is 107 Å². The highest BCUT2D eigenvalue weighted by Gasteiger charge is 2.21. The van der Waals surface area contributed by atoms with Crippen LogP contribution in [0.2, 0.25) is 5.02 Å². The molecule has 0 bridgehead atoms. The molecule has 3 aromatic rings. The fourth-order valence-electron chi connectivity index (χ4n) is 2.95. The Morgan fingerprint density at radius 3 is 2.65 bits per heavy atom. The molecule has 3 rings (SSSR count). The molecule has 1 atom stereocenters. The molecule has 10 heteroatoms. The van der Waals surface area contributed by atoms with Gasteiger partial charge in [-0.1, -0.05) is 23.7 Å². The first-order chi connectivity index (χ1) is 14.5. The Hall–Kier alpha value is -3.20. The van der Waals surface area contributed by atoms with Gasteiger partial charge in [0.15, 0.2) is 5.82 Å². The van der Waals surface area contributed by atoms with Crippen LogP contribution in [-0.4, -0.2) is 36.4 Å². The minimum absolute atomic E-state index is 0.337. The number of aromatic nitrogens is 5. The first kappa shape index (κ1) is 22.5. The zero-order valence-electron chi connectivity index (χ0n) is 18.4. The second kappa shape index (κ2) is 8.89. The molecule has 1 aromatic carbocycles. The number of carbonyl (C=O) groups excluding carboxylic acids is 1. The summed E-state index contributed by atoms with van der Waals surface area (Å²) in [7, 11) is 1.83. The van der Waals surface area contributed by atoms with Crippen LogP contribution < -0.4 is 10.6 Å². The van der Waals surface area contributed by atoms with Gasteiger partial charge in [-0.25, -0.2) is 14.8 Å². The summed E-state index contributed by atoms with van der Waals surface area (Å²) in [5.74, 6) is 0.887. The molecular weight excluding hydrogens is 418 g/mol. The highest BCUT2D eigenvalue weighted by molar-refractivity contribution is 6.32. The first-order valence-electron chi connectivity index (χ1n) is 9.77. The lowest BCUT2D eigenvalue weighted by molar-refractivity contribution is 0.0508. The van der Waals surface area contributed by atoms with Gasteiger partial charge in [-0.15, -0.1) is 0 Å². The molecule has 0 spiro atoms. The molecule has 0 saturated heterocycles. The van der Waals surface area contributed by atoms with E-state index in [-0.39, 0.29) is 6.04 Å². The van der Waals surface area contributed by atoms with E-state index in [4.69, 9.17) is 16.3 Å². The van der Waals surface area contributed by atoms with Crippen molar-refractivity contribution in [2.75, 3.05) is 5.32 Å². The van der Waals surface area contributed by atoms with Gasteiger partial charge < -0.3 is 15.4 Å². The summed E-state index contributed by atoms with van der Waals surface area (Å²) in [4.78, 5) is 25.0. The number of halogens is 1. The summed E-state index contributed by atoms with van der Waals surface area (Å²) in [5.41, 5.74) is 2.54. The van der Waals surface area contributed by atoms with Gasteiger partial charge in [0.05, 0.1) is 17.9 Å². The number of carbonyl (C=O) groups is 1. The number of hydrogen-bond donors (Lipinski definition) is 2. The first-order valence-corrected chi connectivity index (χ1v) is 10.1. The molecule has 9 nitrogen and oxygen atoms in total. The number of ether oxygens (including phenoxy) is 1. The maximum Gasteiger partial charge on any atom is 0.408 e. The van der Waals surface area contributed by atoms with Gasteiger partial charge in [-0.2, -0.15) is 10.1 Å². The normalized spacial score (nSPS) is 12.4. The number of nitrogens with one attached hydrogen (secondary N) is 2. The van der Waals surface area contributed by atoms with Crippen LogP contribution in [0.25, 0.3) is 11.4 Å². The maximum absolute atomic E-state index is 12.1. The molecule has 0 saturated carbocycles. The van der Waals surface area contributed by atoms with E-state index in [9.17, 15) is 4.79 Å². The standard InChI is InChI=1S/C21H26ClN7O2/c1-12-15(18-23-11-24-19(28-18)27-14-9-25-29(6)10-14)7-8-16(17(12)22)13(2)26-20(30)31-21(3,4)5/h7-11,13H,1-6H3,(H,26,30)(H,23,24,27,28)/t13-/m1/s1. The number of nitrogens with zero attached hydrogens (tertiary/aromatic N) is 5. The van der Waals surface area contributed by atoms with Crippen molar-refractivity contribution in [3.05, 3.63) is 47.0 Å². The highest BCUT2D eigenvalue weighted by Crippen LogP contribution is 2.33. The third-order valence-electron chi connectivity index (χ3n) is 4.39. The summed E-state index contributed by atoms with van der Waals surface area (Å²) < 4.78 is 7.00. The van der Waals surface area contributed by atoms with E-state index in [0.29, 0.717) is 16.8 Å². The molecule has 0 radical (unpaired) electrons. The summed E-state index contributed by atoms with van der Waals surface area (Å²) >= 11 is 6.64. The minimum Gasteiger partial charge on any atom is -0.444 e. The Kier molecular flexibility index (Phi) is 6.45. The number of hydrogen-bond acceptors (Lipinski definition) is 7. The number of benzene rings is 1. The zero-order chi connectivity index (χ0) is 22.8. The average molecular weight is 444 g/mol. The smallest absolute Gasteiger partial charge is 0.408 e. The fraction of sp³-hybridized carbons (Fsp3) is 0.381. The van der Waals surface area contributed by atoms with Crippen LogP contribution in [-0.2, 0) is 11.8 Å². The van der Waals surface area contributed by atoms with Crippen LogP contribution in [0.3, 0.4) is 0 Å². The minimum atomic E-state index is -0.576. The van der Waals surface area contributed by atoms with Gasteiger partial charge in [-0.05, 0) is 45.7 Å². The molecule has 1 amide bonds. The quantitative estimate of drug-likeness (QED) is 0.595. The van der Waals surface area contributed by atoms with Gasteiger partial charge in [0.1, 0.15) is 11.9 Å². The SMILES string of the molecule is Cc1c(-c2ncnc(Nc3cnn(C)c3)n2)ccc([C@@H](C)NC(=O)OC(C)(C)C)c1Cl. The second-order valence-corrected chi connectivity index (χ2v) is 8.55. The van der Waals surface area contributed by atoms with Crippen molar-refractivity contribution in [1.29, 1.82) is 0 Å². The van der Waals surface area contributed by atoms with Crippen molar-refractivity contribution in [1.82, 2.24) is 30.0 Å². The van der Waals surface area contributed by atoms with E-state index in [1.54, 1.807) is 10.9 Å². The number of amides is 1. The third kappa shape index (κ3) is 5.69. The molecule has 0 fully saturated rings. The van der Waals surface area contributed by atoms with Gasteiger partial charge in [0.25, 0.3) is 0 Å². The Bertz CT molecular complexity index is 1090. The molecule has 31 heavy (non-hydrogen) atoms.